The number of alkyl halides is 2. The molecule has 0 atom stereocenters. The molecule has 88 valence electrons. The maximum Gasteiger partial charge on any atom is 0.284 e. The summed E-state index contributed by atoms with van der Waals surface area (Å²) >= 11 is 0. The Labute approximate surface area is 90.2 Å². The molecule has 0 unspecified atom stereocenters. The topological polar surface area (TPSA) is 74.4 Å². The Morgan fingerprint density at radius 3 is 2.31 bits per heavy atom. The first kappa shape index (κ1) is 12.2. The van der Waals surface area contributed by atoms with Crippen LogP contribution in [0.2, 0.25) is 0 Å². The van der Waals surface area contributed by atoms with Crippen LogP contribution in [-0.4, -0.2) is 25.1 Å². The van der Waals surface area contributed by atoms with Crippen LogP contribution in [0.3, 0.4) is 0 Å². The van der Waals surface area contributed by atoms with Gasteiger partial charge in [0, 0.05) is 6.07 Å². The molecule has 0 aliphatic heterocycles. The van der Waals surface area contributed by atoms with E-state index in [1.807, 2.05) is 0 Å². The molecule has 1 heterocycles. The van der Waals surface area contributed by atoms with Crippen molar-refractivity contribution in [2.75, 3.05) is 14.2 Å². The number of hydrogen-bond donors (Lipinski definition) is 1. The Kier molecular flexibility index (Phi) is 3.60. The number of aromatic nitrogens is 1. The Balaban J connectivity index is 3.40. The molecule has 0 saturated carbocycles. The van der Waals surface area contributed by atoms with Gasteiger partial charge in [0.2, 0.25) is 0 Å². The molecule has 5 nitrogen and oxygen atoms in total. The fraction of sp³-hybridized carbons (Fsp3) is 0.333. The summed E-state index contributed by atoms with van der Waals surface area (Å²) < 4.78 is 34.6. The molecule has 0 saturated heterocycles. The minimum absolute atomic E-state index is 0.00579. The van der Waals surface area contributed by atoms with Gasteiger partial charge in [0.1, 0.15) is 11.4 Å². The van der Waals surface area contributed by atoms with Gasteiger partial charge in [-0.25, -0.2) is 13.8 Å². The molecule has 0 aliphatic carbocycles. The van der Waals surface area contributed by atoms with Crippen molar-refractivity contribution in [2.45, 2.75) is 6.43 Å². The van der Waals surface area contributed by atoms with Gasteiger partial charge in [-0.05, 0) is 0 Å². The van der Waals surface area contributed by atoms with Crippen LogP contribution in [-0.2, 0) is 0 Å². The molecular weight excluding hydrogens is 222 g/mol. The van der Waals surface area contributed by atoms with Crippen LogP contribution in [0, 0.1) is 0 Å². The summed E-state index contributed by atoms with van der Waals surface area (Å²) in [5, 5.41) is 0. The Bertz CT molecular complexity index is 410. The van der Waals surface area contributed by atoms with E-state index in [2.05, 4.69) is 4.98 Å². The zero-order chi connectivity index (χ0) is 12.3. The third-order valence-corrected chi connectivity index (χ3v) is 1.86. The van der Waals surface area contributed by atoms with Gasteiger partial charge < -0.3 is 15.2 Å². The number of ether oxygens (including phenoxy) is 2. The Morgan fingerprint density at radius 1 is 1.38 bits per heavy atom. The highest BCUT2D eigenvalue weighted by Gasteiger charge is 2.22. The van der Waals surface area contributed by atoms with E-state index < -0.39 is 18.0 Å². The molecule has 1 amide bonds. The van der Waals surface area contributed by atoms with Gasteiger partial charge in [0.15, 0.2) is 11.4 Å². The van der Waals surface area contributed by atoms with E-state index in [4.69, 9.17) is 15.2 Å². The molecule has 1 rings (SSSR count). The van der Waals surface area contributed by atoms with Crippen LogP contribution < -0.4 is 15.2 Å². The second-order valence-electron chi connectivity index (χ2n) is 2.79. The van der Waals surface area contributed by atoms with Crippen LogP contribution in [0.5, 0.6) is 11.5 Å². The summed E-state index contributed by atoms with van der Waals surface area (Å²) in [6.45, 7) is 0. The van der Waals surface area contributed by atoms with Gasteiger partial charge in [0.05, 0.1) is 14.2 Å². The minimum Gasteiger partial charge on any atom is -0.494 e. The van der Waals surface area contributed by atoms with Crippen molar-refractivity contribution in [1.82, 2.24) is 4.98 Å². The monoisotopic (exact) mass is 232 g/mol. The van der Waals surface area contributed by atoms with Crippen LogP contribution in [0.15, 0.2) is 6.07 Å². The predicted molar refractivity (Wildman–Crippen MR) is 50.8 cm³/mol. The van der Waals surface area contributed by atoms with E-state index >= 15 is 0 Å². The smallest absolute Gasteiger partial charge is 0.284 e. The van der Waals surface area contributed by atoms with Gasteiger partial charge in [0.25, 0.3) is 12.3 Å². The molecule has 7 heteroatoms. The molecule has 2 N–H and O–H groups in total. The number of methoxy groups -OCH3 is 2. The first-order valence-electron chi connectivity index (χ1n) is 4.22. The lowest BCUT2D eigenvalue weighted by Crippen LogP contribution is -2.16. The van der Waals surface area contributed by atoms with Gasteiger partial charge in [-0.2, -0.15) is 0 Å². The third-order valence-electron chi connectivity index (χ3n) is 1.86. The van der Waals surface area contributed by atoms with Crippen molar-refractivity contribution in [3.63, 3.8) is 0 Å². The van der Waals surface area contributed by atoms with Gasteiger partial charge in [-0.1, -0.05) is 0 Å². The van der Waals surface area contributed by atoms with E-state index in [9.17, 15) is 13.6 Å². The SMILES string of the molecule is COc1cc(OC)c(C(F)F)nc1C(N)=O. The van der Waals surface area contributed by atoms with Crippen LogP contribution >= 0.6 is 0 Å². The fourth-order valence-electron chi connectivity index (χ4n) is 1.14. The van der Waals surface area contributed by atoms with E-state index in [-0.39, 0.29) is 17.2 Å². The zero-order valence-corrected chi connectivity index (χ0v) is 8.66. The largest absolute Gasteiger partial charge is 0.494 e. The number of carbonyl (C=O) groups is 1. The summed E-state index contributed by atoms with van der Waals surface area (Å²) in [5.41, 5.74) is 3.99. The lowest BCUT2D eigenvalue weighted by atomic mass is 10.2. The Morgan fingerprint density at radius 2 is 1.94 bits per heavy atom. The average Bonchev–Trinajstić information content (AvgIpc) is 2.26. The minimum atomic E-state index is -2.86. The van der Waals surface area contributed by atoms with Crippen LogP contribution in [0.25, 0.3) is 0 Å². The zero-order valence-electron chi connectivity index (χ0n) is 8.66. The number of carbonyl (C=O) groups excluding carboxylic acids is 1. The first-order chi connectivity index (χ1) is 7.51. The number of hydrogen-bond acceptors (Lipinski definition) is 4. The highest BCUT2D eigenvalue weighted by atomic mass is 19.3. The quantitative estimate of drug-likeness (QED) is 0.844. The molecule has 0 fully saturated rings. The number of nitrogens with two attached hydrogens (primary N) is 1. The highest BCUT2D eigenvalue weighted by molar-refractivity contribution is 5.93. The molecule has 1 aromatic rings. The van der Waals surface area contributed by atoms with E-state index in [1.54, 1.807) is 0 Å². The van der Waals surface area contributed by atoms with E-state index in [0.717, 1.165) is 6.07 Å². The summed E-state index contributed by atoms with van der Waals surface area (Å²) in [7, 11) is 2.48. The van der Waals surface area contributed by atoms with Crippen molar-refractivity contribution in [2.24, 2.45) is 5.73 Å². The summed E-state index contributed by atoms with van der Waals surface area (Å²) in [5.74, 6) is -1.10. The van der Waals surface area contributed by atoms with Gasteiger partial charge in [-0.15, -0.1) is 0 Å². The number of rotatable bonds is 4. The standard InChI is InChI=1S/C9H10F2N2O3/c1-15-4-3-5(16-2)7(9(12)14)13-6(4)8(10)11/h3,8H,1-2H3,(H2,12,14). The second-order valence-corrected chi connectivity index (χ2v) is 2.79. The normalized spacial score (nSPS) is 10.3. The molecular formula is C9H10F2N2O3. The van der Waals surface area contributed by atoms with Crippen LogP contribution in [0.4, 0.5) is 8.78 Å². The van der Waals surface area contributed by atoms with E-state index in [1.165, 1.54) is 14.2 Å². The second kappa shape index (κ2) is 4.73. The maximum atomic E-state index is 12.6. The number of nitrogens with zero attached hydrogens (tertiary/aromatic N) is 1. The molecule has 0 spiro atoms. The van der Waals surface area contributed by atoms with Gasteiger partial charge >= 0.3 is 0 Å². The lowest BCUT2D eigenvalue weighted by Gasteiger charge is -2.11. The highest BCUT2D eigenvalue weighted by Crippen LogP contribution is 2.31. The first-order valence-corrected chi connectivity index (χ1v) is 4.22. The van der Waals surface area contributed by atoms with Crippen LogP contribution in [0.1, 0.15) is 22.6 Å². The maximum absolute atomic E-state index is 12.6. The molecule has 0 aromatic carbocycles. The van der Waals surface area contributed by atoms with Crippen molar-refractivity contribution in [3.05, 3.63) is 17.5 Å². The number of primary amides is 1. The van der Waals surface area contributed by atoms with Crippen molar-refractivity contribution in [3.8, 4) is 11.5 Å². The lowest BCUT2D eigenvalue weighted by molar-refractivity contribution is 0.0989. The fourth-order valence-corrected chi connectivity index (χ4v) is 1.14. The summed E-state index contributed by atoms with van der Waals surface area (Å²) in [6.07, 6.45) is -2.86. The molecule has 1 aromatic heterocycles. The Hall–Kier alpha value is -1.92. The van der Waals surface area contributed by atoms with Crippen molar-refractivity contribution < 1.29 is 23.0 Å². The molecule has 16 heavy (non-hydrogen) atoms. The van der Waals surface area contributed by atoms with Crippen molar-refractivity contribution >= 4 is 5.91 Å². The summed E-state index contributed by atoms with van der Waals surface area (Å²) in [4.78, 5) is 14.4. The molecule has 0 bridgehead atoms. The van der Waals surface area contributed by atoms with Gasteiger partial charge in [-0.3, -0.25) is 4.79 Å². The molecule has 0 aliphatic rings. The number of amides is 1. The van der Waals surface area contributed by atoms with Crippen molar-refractivity contribution in [1.29, 1.82) is 0 Å². The van der Waals surface area contributed by atoms with E-state index in [0.29, 0.717) is 0 Å². The third kappa shape index (κ3) is 2.18. The average molecular weight is 232 g/mol. The predicted octanol–water partition coefficient (Wildman–Crippen LogP) is 1.14. The molecule has 0 radical (unpaired) electrons. The number of halogens is 2. The number of pyridine rings is 1. The summed E-state index contributed by atoms with van der Waals surface area (Å²) in [6, 6.07) is 1.15.